The first kappa shape index (κ1) is 26.7. The molecule has 0 aliphatic rings. The van der Waals surface area contributed by atoms with Crippen LogP contribution >= 0.6 is 15.9 Å². The molecule has 4 rings (SSSR count). The second-order valence-electron chi connectivity index (χ2n) is 8.36. The van der Waals surface area contributed by atoms with Crippen molar-refractivity contribution in [2.45, 2.75) is 24.7 Å². The van der Waals surface area contributed by atoms with Crippen molar-refractivity contribution in [1.29, 1.82) is 0 Å². The van der Waals surface area contributed by atoms with E-state index in [9.17, 15) is 17.6 Å². The van der Waals surface area contributed by atoms with Crippen molar-refractivity contribution < 1.29 is 17.6 Å². The predicted octanol–water partition coefficient (Wildman–Crippen LogP) is 5.87. The SMILES string of the molecule is CCCCN(CC(=O)Nc1cc(-c2ccccc2)nn1-c1ccc(F)cc1)S(=O)(=O)c1ccc(Br)cc1. The zero-order valence-corrected chi connectivity index (χ0v) is 22.5. The summed E-state index contributed by atoms with van der Waals surface area (Å²) in [5.41, 5.74) is 1.98. The lowest BCUT2D eigenvalue weighted by Crippen LogP contribution is -2.38. The zero-order valence-electron chi connectivity index (χ0n) is 20.1. The third kappa shape index (κ3) is 6.51. The lowest BCUT2D eigenvalue weighted by atomic mass is 10.2. The molecule has 4 aromatic rings. The molecule has 0 aliphatic carbocycles. The van der Waals surface area contributed by atoms with E-state index in [-0.39, 0.29) is 18.0 Å². The van der Waals surface area contributed by atoms with Crippen LogP contribution in [0.5, 0.6) is 0 Å². The molecule has 0 spiro atoms. The van der Waals surface area contributed by atoms with Crippen molar-refractivity contribution in [2.75, 3.05) is 18.4 Å². The largest absolute Gasteiger partial charge is 0.309 e. The van der Waals surface area contributed by atoms with E-state index < -0.39 is 21.7 Å². The van der Waals surface area contributed by atoms with Gasteiger partial charge in [-0.05, 0) is 55.0 Å². The highest BCUT2D eigenvalue weighted by atomic mass is 79.9. The molecule has 0 fully saturated rings. The maximum atomic E-state index is 13.5. The van der Waals surface area contributed by atoms with E-state index in [0.29, 0.717) is 23.6 Å². The topological polar surface area (TPSA) is 84.3 Å². The van der Waals surface area contributed by atoms with Crippen molar-refractivity contribution in [1.82, 2.24) is 14.1 Å². The molecule has 3 aromatic carbocycles. The summed E-state index contributed by atoms with van der Waals surface area (Å²) in [6, 6.07) is 23.2. The van der Waals surface area contributed by atoms with Crippen molar-refractivity contribution in [3.05, 3.63) is 95.2 Å². The van der Waals surface area contributed by atoms with Crippen molar-refractivity contribution in [3.63, 3.8) is 0 Å². The van der Waals surface area contributed by atoms with Crippen LogP contribution in [0.3, 0.4) is 0 Å². The van der Waals surface area contributed by atoms with Crippen LogP contribution in [0.2, 0.25) is 0 Å². The van der Waals surface area contributed by atoms with Gasteiger partial charge in [0.1, 0.15) is 11.6 Å². The number of carbonyl (C=O) groups is 1. The molecule has 37 heavy (non-hydrogen) atoms. The Morgan fingerprint density at radius 2 is 1.70 bits per heavy atom. The van der Waals surface area contributed by atoms with E-state index in [4.69, 9.17) is 0 Å². The number of anilines is 1. The third-order valence-corrected chi connectivity index (χ3v) is 8.04. The first-order chi connectivity index (χ1) is 17.8. The number of hydrogen-bond donors (Lipinski definition) is 1. The van der Waals surface area contributed by atoms with Crippen LogP contribution in [-0.4, -0.2) is 41.5 Å². The Morgan fingerprint density at radius 1 is 1.03 bits per heavy atom. The molecule has 0 saturated carbocycles. The Bertz CT molecular complexity index is 1460. The van der Waals surface area contributed by atoms with Gasteiger partial charge in [-0.15, -0.1) is 0 Å². The van der Waals surface area contributed by atoms with Crippen LogP contribution < -0.4 is 5.32 Å². The lowest BCUT2D eigenvalue weighted by Gasteiger charge is -2.22. The molecule has 7 nitrogen and oxygen atoms in total. The van der Waals surface area contributed by atoms with Crippen LogP contribution in [0.4, 0.5) is 10.2 Å². The van der Waals surface area contributed by atoms with Crippen LogP contribution in [0.15, 0.2) is 94.3 Å². The maximum Gasteiger partial charge on any atom is 0.243 e. The van der Waals surface area contributed by atoms with Crippen LogP contribution in [0, 0.1) is 5.82 Å². The van der Waals surface area contributed by atoms with E-state index in [1.807, 2.05) is 37.3 Å². The molecule has 1 N–H and O–H groups in total. The average Bonchev–Trinajstić information content (AvgIpc) is 3.31. The highest BCUT2D eigenvalue weighted by Gasteiger charge is 2.27. The van der Waals surface area contributed by atoms with E-state index in [0.717, 1.165) is 16.5 Å². The maximum absolute atomic E-state index is 13.5. The summed E-state index contributed by atoms with van der Waals surface area (Å²) in [6.07, 6.45) is 1.38. The minimum Gasteiger partial charge on any atom is -0.309 e. The minimum absolute atomic E-state index is 0.113. The van der Waals surface area contributed by atoms with E-state index in [1.54, 1.807) is 30.3 Å². The predicted molar refractivity (Wildman–Crippen MR) is 145 cm³/mol. The number of nitrogens with zero attached hydrogens (tertiary/aromatic N) is 3. The van der Waals surface area contributed by atoms with Crippen LogP contribution in [0.25, 0.3) is 16.9 Å². The van der Waals surface area contributed by atoms with Crippen molar-refractivity contribution >= 4 is 37.7 Å². The number of hydrogen-bond acceptors (Lipinski definition) is 4. The number of halogens is 2. The van der Waals surface area contributed by atoms with Gasteiger partial charge in [0.2, 0.25) is 15.9 Å². The molecule has 0 unspecified atom stereocenters. The van der Waals surface area contributed by atoms with Gasteiger partial charge < -0.3 is 5.32 Å². The summed E-state index contributed by atoms with van der Waals surface area (Å²) in [5.74, 6) is -0.568. The van der Waals surface area contributed by atoms with Gasteiger partial charge in [-0.1, -0.05) is 59.6 Å². The summed E-state index contributed by atoms with van der Waals surface area (Å²) in [7, 11) is -3.89. The Kier molecular flexibility index (Phi) is 8.52. The summed E-state index contributed by atoms with van der Waals surface area (Å²) in [4.78, 5) is 13.3. The average molecular weight is 585 g/mol. The van der Waals surface area contributed by atoms with E-state index in [2.05, 4.69) is 26.3 Å². The number of rotatable bonds is 10. The number of nitrogens with one attached hydrogen (secondary N) is 1. The fourth-order valence-corrected chi connectivity index (χ4v) is 5.42. The molecule has 0 radical (unpaired) electrons. The first-order valence-corrected chi connectivity index (χ1v) is 14.0. The Morgan fingerprint density at radius 3 is 2.35 bits per heavy atom. The van der Waals surface area contributed by atoms with Crippen LogP contribution in [-0.2, 0) is 14.8 Å². The highest BCUT2D eigenvalue weighted by Crippen LogP contribution is 2.25. The number of aromatic nitrogens is 2. The van der Waals surface area contributed by atoms with E-state index in [1.165, 1.54) is 33.3 Å². The molecular weight excluding hydrogens is 559 g/mol. The quantitative estimate of drug-likeness (QED) is 0.252. The number of unbranched alkanes of at least 4 members (excludes halogenated alkanes) is 1. The molecule has 0 aliphatic heterocycles. The molecule has 10 heteroatoms. The molecular formula is C27H26BrFN4O3S. The summed E-state index contributed by atoms with van der Waals surface area (Å²) < 4.78 is 43.6. The second kappa shape index (κ2) is 11.8. The molecule has 1 aromatic heterocycles. The molecule has 1 heterocycles. The van der Waals surface area contributed by atoms with Crippen molar-refractivity contribution in [2.24, 2.45) is 0 Å². The minimum atomic E-state index is -3.89. The smallest absolute Gasteiger partial charge is 0.243 e. The number of benzene rings is 3. The lowest BCUT2D eigenvalue weighted by molar-refractivity contribution is -0.116. The number of carbonyl (C=O) groups excluding carboxylic acids is 1. The molecule has 0 bridgehead atoms. The Labute approximate surface area is 224 Å². The van der Waals surface area contributed by atoms with Crippen molar-refractivity contribution in [3.8, 4) is 16.9 Å². The highest BCUT2D eigenvalue weighted by molar-refractivity contribution is 9.10. The third-order valence-electron chi connectivity index (χ3n) is 5.65. The summed E-state index contributed by atoms with van der Waals surface area (Å²) in [6.45, 7) is 1.79. The number of amides is 1. The van der Waals surface area contributed by atoms with Gasteiger partial charge in [-0.3, -0.25) is 4.79 Å². The first-order valence-electron chi connectivity index (χ1n) is 11.7. The Hall–Kier alpha value is -3.34. The molecule has 0 saturated heterocycles. The van der Waals surface area contributed by atoms with E-state index >= 15 is 0 Å². The van der Waals surface area contributed by atoms with Gasteiger partial charge in [0.05, 0.1) is 22.8 Å². The fraction of sp³-hybridized carbons (Fsp3) is 0.185. The summed E-state index contributed by atoms with van der Waals surface area (Å²) in [5, 5.41) is 7.42. The molecule has 192 valence electrons. The zero-order chi connectivity index (χ0) is 26.4. The fourth-order valence-electron chi connectivity index (χ4n) is 3.72. The summed E-state index contributed by atoms with van der Waals surface area (Å²) >= 11 is 3.32. The molecule has 0 atom stereocenters. The monoisotopic (exact) mass is 584 g/mol. The standard InChI is InChI=1S/C27H26BrFN4O3S/c1-2-3-17-32(37(35,36)24-15-9-21(28)10-16-24)19-27(34)30-26-18-25(20-7-5-4-6-8-20)31-33(26)23-13-11-22(29)12-14-23/h4-16,18H,2-3,17,19H2,1H3,(H,30,34). The van der Waals surface area contributed by atoms with Gasteiger partial charge in [0.15, 0.2) is 0 Å². The normalized spacial score (nSPS) is 11.6. The number of sulfonamides is 1. The van der Waals surface area contributed by atoms with Gasteiger partial charge in [-0.2, -0.15) is 9.40 Å². The van der Waals surface area contributed by atoms with Gasteiger partial charge in [0.25, 0.3) is 0 Å². The van der Waals surface area contributed by atoms with Crippen LogP contribution in [0.1, 0.15) is 19.8 Å². The van der Waals surface area contributed by atoms with Gasteiger partial charge >= 0.3 is 0 Å². The molecule has 1 amide bonds. The second-order valence-corrected chi connectivity index (χ2v) is 11.2. The van der Waals surface area contributed by atoms with Gasteiger partial charge in [-0.25, -0.2) is 17.5 Å². The Balaban J connectivity index is 1.63. The van der Waals surface area contributed by atoms with Gasteiger partial charge in [0, 0.05) is 22.6 Å².